The summed E-state index contributed by atoms with van der Waals surface area (Å²) >= 11 is 6.06. The predicted octanol–water partition coefficient (Wildman–Crippen LogP) is 3.71. The third-order valence-corrected chi connectivity index (χ3v) is 3.61. The van der Waals surface area contributed by atoms with Gasteiger partial charge in [-0.3, -0.25) is 0 Å². The summed E-state index contributed by atoms with van der Waals surface area (Å²) in [5.41, 5.74) is 0.217. The van der Waals surface area contributed by atoms with Crippen molar-refractivity contribution < 1.29 is 9.53 Å². The van der Waals surface area contributed by atoms with Crippen molar-refractivity contribution >= 4 is 17.6 Å². The van der Waals surface area contributed by atoms with E-state index in [2.05, 4.69) is 10.9 Å². The van der Waals surface area contributed by atoms with Gasteiger partial charge in [-0.2, -0.15) is 0 Å². The molecule has 0 aliphatic rings. The molecule has 0 bridgehead atoms. The molecule has 0 aliphatic heterocycles. The van der Waals surface area contributed by atoms with Gasteiger partial charge in [-0.1, -0.05) is 47.9 Å². The third-order valence-electron chi connectivity index (χ3n) is 3.34. The normalized spacial score (nSPS) is 12.5. The summed E-state index contributed by atoms with van der Waals surface area (Å²) in [6.07, 6.45) is 6.88. The number of hydrogen-bond acceptors (Lipinski definition) is 3. The summed E-state index contributed by atoms with van der Waals surface area (Å²) in [5.74, 6) is 1.83. The van der Waals surface area contributed by atoms with Crippen LogP contribution >= 0.6 is 11.6 Å². The van der Waals surface area contributed by atoms with Crippen molar-refractivity contribution in [2.24, 2.45) is 0 Å². The SMILES string of the molecule is C#CC(C)(C)OC(=O)c1c(Cl)ncn1[C@H](C)c1ccccc1. The summed E-state index contributed by atoms with van der Waals surface area (Å²) in [7, 11) is 0. The first-order valence-corrected chi connectivity index (χ1v) is 7.22. The van der Waals surface area contributed by atoms with Crippen LogP contribution in [0.15, 0.2) is 36.7 Å². The molecule has 4 nitrogen and oxygen atoms in total. The molecule has 2 rings (SSSR count). The van der Waals surface area contributed by atoms with Crippen molar-refractivity contribution in [3.05, 3.63) is 53.1 Å². The maximum Gasteiger partial charge on any atom is 0.359 e. The van der Waals surface area contributed by atoms with Gasteiger partial charge in [-0.05, 0) is 26.3 Å². The fourth-order valence-electron chi connectivity index (χ4n) is 2.02. The van der Waals surface area contributed by atoms with Crippen LogP contribution in [0.1, 0.15) is 42.9 Å². The fourth-order valence-corrected chi connectivity index (χ4v) is 2.24. The van der Waals surface area contributed by atoms with Gasteiger partial charge in [0.15, 0.2) is 16.4 Å². The molecule has 5 heteroatoms. The van der Waals surface area contributed by atoms with Crippen LogP contribution in [0.2, 0.25) is 5.15 Å². The molecule has 1 aromatic carbocycles. The topological polar surface area (TPSA) is 44.1 Å². The lowest BCUT2D eigenvalue weighted by atomic mass is 10.1. The molecule has 1 heterocycles. The van der Waals surface area contributed by atoms with Gasteiger partial charge in [0.05, 0.1) is 12.4 Å². The lowest BCUT2D eigenvalue weighted by Gasteiger charge is -2.21. The molecule has 0 aliphatic carbocycles. The Morgan fingerprint density at radius 1 is 1.41 bits per heavy atom. The molecule has 2 aromatic rings. The fraction of sp³-hybridized carbons (Fsp3) is 0.294. The maximum atomic E-state index is 12.4. The molecule has 114 valence electrons. The molecule has 22 heavy (non-hydrogen) atoms. The molecule has 1 atom stereocenters. The molecule has 0 radical (unpaired) electrons. The van der Waals surface area contributed by atoms with Crippen molar-refractivity contribution in [2.75, 3.05) is 0 Å². The highest BCUT2D eigenvalue weighted by atomic mass is 35.5. The van der Waals surface area contributed by atoms with E-state index in [0.29, 0.717) is 0 Å². The quantitative estimate of drug-likeness (QED) is 0.638. The Hall–Kier alpha value is -2.25. The summed E-state index contributed by atoms with van der Waals surface area (Å²) in [6, 6.07) is 9.63. The van der Waals surface area contributed by atoms with E-state index in [0.717, 1.165) is 5.56 Å². The number of halogens is 1. The average Bonchev–Trinajstić information content (AvgIpc) is 2.89. The zero-order chi connectivity index (χ0) is 16.3. The number of terminal acetylenes is 1. The number of rotatable bonds is 4. The molecule has 0 saturated carbocycles. The first-order chi connectivity index (χ1) is 10.4. The average molecular weight is 317 g/mol. The molecule has 1 aromatic heterocycles. The van der Waals surface area contributed by atoms with Crippen molar-refractivity contribution in [2.45, 2.75) is 32.4 Å². The van der Waals surface area contributed by atoms with E-state index < -0.39 is 11.6 Å². The Morgan fingerprint density at radius 3 is 2.64 bits per heavy atom. The van der Waals surface area contributed by atoms with Crippen LogP contribution in [0.5, 0.6) is 0 Å². The van der Waals surface area contributed by atoms with Crippen molar-refractivity contribution in [1.82, 2.24) is 9.55 Å². The molecule has 0 N–H and O–H groups in total. The molecule has 0 saturated heterocycles. The Bertz CT molecular complexity index is 714. The minimum atomic E-state index is -1.01. The lowest BCUT2D eigenvalue weighted by molar-refractivity contribution is 0.0191. The minimum Gasteiger partial charge on any atom is -0.442 e. The number of imidazole rings is 1. The highest BCUT2D eigenvalue weighted by Gasteiger charge is 2.27. The third kappa shape index (κ3) is 3.32. The van der Waals surface area contributed by atoms with E-state index in [1.165, 1.54) is 6.33 Å². The first kappa shape index (κ1) is 16.1. The van der Waals surface area contributed by atoms with Crippen molar-refractivity contribution in [1.29, 1.82) is 0 Å². The predicted molar refractivity (Wildman–Crippen MR) is 85.8 cm³/mol. The van der Waals surface area contributed by atoms with Gasteiger partial charge in [-0.25, -0.2) is 9.78 Å². The van der Waals surface area contributed by atoms with Crippen LogP contribution in [0, 0.1) is 12.3 Å². The van der Waals surface area contributed by atoms with Crippen LogP contribution in [0.25, 0.3) is 0 Å². The summed E-state index contributed by atoms with van der Waals surface area (Å²) in [4.78, 5) is 16.4. The van der Waals surface area contributed by atoms with Crippen molar-refractivity contribution in [3.8, 4) is 12.3 Å². The number of hydrogen-bond donors (Lipinski definition) is 0. The number of aromatic nitrogens is 2. The summed E-state index contributed by atoms with van der Waals surface area (Å²) in [6.45, 7) is 5.23. The number of esters is 1. The molecular weight excluding hydrogens is 300 g/mol. The number of nitrogens with zero attached hydrogens (tertiary/aromatic N) is 2. The van der Waals surface area contributed by atoms with E-state index in [1.54, 1.807) is 18.4 Å². The Morgan fingerprint density at radius 2 is 2.05 bits per heavy atom. The molecule has 0 fully saturated rings. The Labute approximate surface area is 135 Å². The van der Waals surface area contributed by atoms with Gasteiger partial charge in [-0.15, -0.1) is 6.42 Å². The molecule has 0 spiro atoms. The summed E-state index contributed by atoms with van der Waals surface area (Å²) < 4.78 is 7.01. The molecular formula is C17H17ClN2O2. The number of benzene rings is 1. The van der Waals surface area contributed by atoms with E-state index in [1.807, 2.05) is 37.3 Å². The standard InChI is InChI=1S/C17H17ClN2O2/c1-5-17(3,4)22-16(21)14-15(18)19-11-20(14)12(2)13-9-7-6-8-10-13/h1,6-12H,2-4H3/t12-/m1/s1. The zero-order valence-corrected chi connectivity index (χ0v) is 13.5. The summed E-state index contributed by atoms with van der Waals surface area (Å²) in [5, 5.41) is 0.0978. The van der Waals surface area contributed by atoms with E-state index >= 15 is 0 Å². The van der Waals surface area contributed by atoms with Crippen LogP contribution < -0.4 is 0 Å². The number of ether oxygens (including phenoxy) is 1. The van der Waals surface area contributed by atoms with E-state index in [-0.39, 0.29) is 16.9 Å². The number of carbonyl (C=O) groups excluding carboxylic acids is 1. The van der Waals surface area contributed by atoms with E-state index in [9.17, 15) is 4.79 Å². The van der Waals surface area contributed by atoms with E-state index in [4.69, 9.17) is 22.8 Å². The van der Waals surface area contributed by atoms with Crippen LogP contribution in [-0.2, 0) is 4.74 Å². The van der Waals surface area contributed by atoms with Gasteiger partial charge < -0.3 is 9.30 Å². The monoisotopic (exact) mass is 316 g/mol. The van der Waals surface area contributed by atoms with Gasteiger partial charge in [0.2, 0.25) is 0 Å². The van der Waals surface area contributed by atoms with Gasteiger partial charge >= 0.3 is 5.97 Å². The smallest absolute Gasteiger partial charge is 0.359 e. The highest BCUT2D eigenvalue weighted by Crippen LogP contribution is 2.25. The Balaban J connectivity index is 2.37. The lowest BCUT2D eigenvalue weighted by Crippen LogP contribution is -2.28. The molecule has 0 unspecified atom stereocenters. The van der Waals surface area contributed by atoms with Gasteiger partial charge in [0, 0.05) is 0 Å². The minimum absolute atomic E-state index is 0.0978. The second kappa shape index (κ2) is 6.25. The first-order valence-electron chi connectivity index (χ1n) is 6.84. The molecule has 0 amide bonds. The van der Waals surface area contributed by atoms with Gasteiger partial charge in [0.25, 0.3) is 0 Å². The second-order valence-electron chi connectivity index (χ2n) is 5.42. The number of carbonyl (C=O) groups is 1. The Kier molecular flexibility index (Phi) is 4.58. The van der Waals surface area contributed by atoms with Gasteiger partial charge in [0.1, 0.15) is 0 Å². The van der Waals surface area contributed by atoms with Crippen LogP contribution in [0.4, 0.5) is 0 Å². The van der Waals surface area contributed by atoms with Crippen molar-refractivity contribution in [3.63, 3.8) is 0 Å². The van der Waals surface area contributed by atoms with Crippen LogP contribution in [-0.4, -0.2) is 21.1 Å². The zero-order valence-electron chi connectivity index (χ0n) is 12.7. The highest BCUT2D eigenvalue weighted by molar-refractivity contribution is 6.32. The maximum absolute atomic E-state index is 12.4. The van der Waals surface area contributed by atoms with Crippen LogP contribution in [0.3, 0.4) is 0 Å². The largest absolute Gasteiger partial charge is 0.442 e. The second-order valence-corrected chi connectivity index (χ2v) is 5.78.